The van der Waals surface area contributed by atoms with E-state index in [0.29, 0.717) is 11.6 Å². The van der Waals surface area contributed by atoms with Crippen molar-refractivity contribution in [2.24, 2.45) is 0 Å². The summed E-state index contributed by atoms with van der Waals surface area (Å²) >= 11 is 6.07. The number of benzene rings is 2. The summed E-state index contributed by atoms with van der Waals surface area (Å²) in [5, 5.41) is 11.3. The van der Waals surface area contributed by atoms with Crippen LogP contribution in [0, 0.1) is 6.92 Å². The number of rotatable bonds is 4. The normalized spacial score (nSPS) is 10.5. The van der Waals surface area contributed by atoms with Crippen molar-refractivity contribution in [3.05, 3.63) is 76.6 Å². The summed E-state index contributed by atoms with van der Waals surface area (Å²) in [4.78, 5) is 12.2. The van der Waals surface area contributed by atoms with E-state index in [1.54, 1.807) is 16.9 Å². The van der Waals surface area contributed by atoms with Gasteiger partial charge in [-0.2, -0.15) is 0 Å². The molecule has 3 rings (SSSR count). The van der Waals surface area contributed by atoms with Gasteiger partial charge in [0.15, 0.2) is 5.69 Å². The molecular weight excluding hydrogens is 312 g/mol. The fourth-order valence-corrected chi connectivity index (χ4v) is 2.30. The van der Waals surface area contributed by atoms with E-state index in [1.165, 1.54) is 0 Å². The van der Waals surface area contributed by atoms with Crippen LogP contribution in [0.5, 0.6) is 0 Å². The van der Waals surface area contributed by atoms with Crippen LogP contribution >= 0.6 is 11.6 Å². The third-order valence-electron chi connectivity index (χ3n) is 3.42. The lowest BCUT2D eigenvalue weighted by molar-refractivity contribution is 0.0946. The van der Waals surface area contributed by atoms with Crippen molar-refractivity contribution >= 4 is 17.5 Å². The quantitative estimate of drug-likeness (QED) is 0.801. The lowest BCUT2D eigenvalue weighted by Crippen LogP contribution is -2.23. The summed E-state index contributed by atoms with van der Waals surface area (Å²) in [6, 6.07) is 15.2. The minimum absolute atomic E-state index is 0.262. The first-order valence-corrected chi connectivity index (χ1v) is 7.52. The summed E-state index contributed by atoms with van der Waals surface area (Å²) in [6.07, 6.45) is 1.60. The van der Waals surface area contributed by atoms with E-state index in [4.69, 9.17) is 11.6 Å². The Morgan fingerprint density at radius 1 is 1.17 bits per heavy atom. The molecule has 0 saturated heterocycles. The Kier molecular flexibility index (Phi) is 4.39. The van der Waals surface area contributed by atoms with E-state index in [2.05, 4.69) is 15.6 Å². The molecule has 3 aromatic rings. The number of hydrogen-bond acceptors (Lipinski definition) is 3. The minimum atomic E-state index is -0.289. The molecule has 116 valence electrons. The molecule has 0 radical (unpaired) electrons. The Balaban J connectivity index is 1.69. The number of aromatic nitrogens is 3. The number of aryl methyl sites for hydroxylation is 1. The maximum atomic E-state index is 12.2. The van der Waals surface area contributed by atoms with Gasteiger partial charge in [0, 0.05) is 11.6 Å². The second-order valence-corrected chi connectivity index (χ2v) is 5.57. The van der Waals surface area contributed by atoms with Gasteiger partial charge in [0.2, 0.25) is 0 Å². The summed E-state index contributed by atoms with van der Waals surface area (Å²) < 4.78 is 1.57. The average molecular weight is 327 g/mol. The fourth-order valence-electron chi connectivity index (χ4n) is 2.10. The van der Waals surface area contributed by atoms with Crippen LogP contribution in [0.4, 0.5) is 0 Å². The van der Waals surface area contributed by atoms with Crippen molar-refractivity contribution < 1.29 is 4.79 Å². The molecule has 5 nitrogen and oxygen atoms in total. The molecule has 6 heteroatoms. The van der Waals surface area contributed by atoms with E-state index in [-0.39, 0.29) is 11.6 Å². The Morgan fingerprint density at radius 2 is 1.91 bits per heavy atom. The molecule has 0 aliphatic rings. The molecule has 0 aliphatic heterocycles. The Bertz CT molecular complexity index is 827. The molecule has 1 amide bonds. The highest BCUT2D eigenvalue weighted by molar-refractivity contribution is 6.31. The first-order chi connectivity index (χ1) is 11.1. The zero-order valence-corrected chi connectivity index (χ0v) is 13.3. The Labute approximate surface area is 138 Å². The Morgan fingerprint density at radius 3 is 2.65 bits per heavy atom. The summed E-state index contributed by atoms with van der Waals surface area (Å²) in [7, 11) is 0. The number of nitrogens with zero attached hydrogens (tertiary/aromatic N) is 3. The summed E-state index contributed by atoms with van der Waals surface area (Å²) in [5.74, 6) is -0.289. The van der Waals surface area contributed by atoms with Crippen LogP contribution in [-0.2, 0) is 6.54 Å². The van der Waals surface area contributed by atoms with Crippen LogP contribution in [0.2, 0.25) is 5.02 Å². The molecule has 0 spiro atoms. The van der Waals surface area contributed by atoms with Gasteiger partial charge >= 0.3 is 0 Å². The number of carbonyl (C=O) groups excluding carboxylic acids is 1. The number of nitrogens with one attached hydrogen (secondary N) is 1. The van der Waals surface area contributed by atoms with Crippen LogP contribution in [0.25, 0.3) is 5.69 Å². The standard InChI is InChI=1S/C17H15ClN4O/c1-12-6-8-14(9-7-12)22-11-16(20-21-22)17(23)19-10-13-4-2-3-5-15(13)18/h2-9,11H,10H2,1H3,(H,19,23). The predicted octanol–water partition coefficient (Wildman–Crippen LogP) is 3.16. The summed E-state index contributed by atoms with van der Waals surface area (Å²) in [6.45, 7) is 2.36. The van der Waals surface area contributed by atoms with Crippen LogP contribution in [0.1, 0.15) is 21.6 Å². The van der Waals surface area contributed by atoms with Crippen molar-refractivity contribution in [1.82, 2.24) is 20.3 Å². The molecule has 0 bridgehead atoms. The predicted molar refractivity (Wildman–Crippen MR) is 88.7 cm³/mol. The average Bonchev–Trinajstić information content (AvgIpc) is 3.04. The van der Waals surface area contributed by atoms with E-state index in [0.717, 1.165) is 16.8 Å². The highest BCUT2D eigenvalue weighted by Crippen LogP contribution is 2.14. The molecule has 0 atom stereocenters. The third kappa shape index (κ3) is 3.57. The number of hydrogen-bond donors (Lipinski definition) is 1. The van der Waals surface area contributed by atoms with Gasteiger partial charge in [-0.15, -0.1) is 5.10 Å². The van der Waals surface area contributed by atoms with Crippen LogP contribution in [-0.4, -0.2) is 20.9 Å². The first-order valence-electron chi connectivity index (χ1n) is 7.14. The largest absolute Gasteiger partial charge is 0.346 e. The van der Waals surface area contributed by atoms with Crippen LogP contribution in [0.3, 0.4) is 0 Å². The maximum absolute atomic E-state index is 12.2. The smallest absolute Gasteiger partial charge is 0.273 e. The van der Waals surface area contributed by atoms with Crippen molar-refractivity contribution in [2.45, 2.75) is 13.5 Å². The SMILES string of the molecule is Cc1ccc(-n2cc(C(=O)NCc3ccccc3Cl)nn2)cc1. The molecular formula is C17H15ClN4O. The highest BCUT2D eigenvalue weighted by Gasteiger charge is 2.11. The third-order valence-corrected chi connectivity index (χ3v) is 3.79. The van der Waals surface area contributed by atoms with Crippen molar-refractivity contribution in [3.63, 3.8) is 0 Å². The minimum Gasteiger partial charge on any atom is -0.346 e. The van der Waals surface area contributed by atoms with E-state index < -0.39 is 0 Å². The van der Waals surface area contributed by atoms with Gasteiger partial charge < -0.3 is 5.32 Å². The van der Waals surface area contributed by atoms with E-state index >= 15 is 0 Å². The van der Waals surface area contributed by atoms with E-state index in [9.17, 15) is 4.79 Å². The molecule has 2 aromatic carbocycles. The number of carbonyl (C=O) groups is 1. The molecule has 1 heterocycles. The van der Waals surface area contributed by atoms with Gasteiger partial charge in [0.1, 0.15) is 0 Å². The van der Waals surface area contributed by atoms with Gasteiger partial charge in [-0.1, -0.05) is 52.7 Å². The molecule has 0 fully saturated rings. The molecule has 23 heavy (non-hydrogen) atoms. The van der Waals surface area contributed by atoms with Gasteiger partial charge in [-0.05, 0) is 30.7 Å². The van der Waals surface area contributed by atoms with Gasteiger partial charge in [0.25, 0.3) is 5.91 Å². The van der Waals surface area contributed by atoms with Crippen molar-refractivity contribution in [2.75, 3.05) is 0 Å². The van der Waals surface area contributed by atoms with Crippen LogP contribution < -0.4 is 5.32 Å². The first kappa shape index (κ1) is 15.2. The zero-order valence-electron chi connectivity index (χ0n) is 12.5. The molecule has 0 aliphatic carbocycles. The van der Waals surface area contributed by atoms with Gasteiger partial charge in [-0.25, -0.2) is 4.68 Å². The maximum Gasteiger partial charge on any atom is 0.273 e. The van der Waals surface area contributed by atoms with E-state index in [1.807, 2.05) is 49.4 Å². The number of halogens is 1. The van der Waals surface area contributed by atoms with Gasteiger partial charge in [-0.3, -0.25) is 4.79 Å². The monoisotopic (exact) mass is 326 g/mol. The summed E-state index contributed by atoms with van der Waals surface area (Å²) in [5.41, 5.74) is 3.13. The molecule has 0 saturated carbocycles. The molecule has 1 N–H and O–H groups in total. The second kappa shape index (κ2) is 6.62. The molecule has 0 unspecified atom stereocenters. The second-order valence-electron chi connectivity index (χ2n) is 5.16. The zero-order chi connectivity index (χ0) is 16.2. The lowest BCUT2D eigenvalue weighted by atomic mass is 10.2. The highest BCUT2D eigenvalue weighted by atomic mass is 35.5. The lowest BCUT2D eigenvalue weighted by Gasteiger charge is -2.04. The van der Waals surface area contributed by atoms with Gasteiger partial charge in [0.05, 0.1) is 11.9 Å². The Hall–Kier alpha value is -2.66. The fraction of sp³-hybridized carbons (Fsp3) is 0.118. The van der Waals surface area contributed by atoms with Crippen molar-refractivity contribution in [1.29, 1.82) is 0 Å². The number of amides is 1. The van der Waals surface area contributed by atoms with Crippen molar-refractivity contribution in [3.8, 4) is 5.69 Å². The molecule has 1 aromatic heterocycles. The van der Waals surface area contributed by atoms with Crippen LogP contribution in [0.15, 0.2) is 54.7 Å². The topological polar surface area (TPSA) is 59.8 Å².